The van der Waals surface area contributed by atoms with Crippen molar-refractivity contribution in [1.82, 2.24) is 0 Å². The lowest BCUT2D eigenvalue weighted by molar-refractivity contribution is -0.121. The van der Waals surface area contributed by atoms with Crippen molar-refractivity contribution < 1.29 is 9.53 Å². The van der Waals surface area contributed by atoms with Crippen molar-refractivity contribution in [2.45, 2.75) is 39.2 Å². The second-order valence-corrected chi connectivity index (χ2v) is 5.28. The molecule has 3 nitrogen and oxygen atoms in total. The van der Waals surface area contributed by atoms with Gasteiger partial charge in [0.1, 0.15) is 11.5 Å². The number of carbonyl (C=O) groups excluding carboxylic acids is 1. The molecule has 2 N–H and O–H groups in total. The zero-order chi connectivity index (χ0) is 13.1. The van der Waals surface area contributed by atoms with Crippen LogP contribution in [0.25, 0.3) is 0 Å². The second-order valence-electron chi connectivity index (χ2n) is 5.28. The number of hydrogen-bond acceptors (Lipinski definition) is 3. The number of ketones is 1. The van der Waals surface area contributed by atoms with E-state index in [1.807, 2.05) is 26.0 Å². The number of nitrogens with two attached hydrogens (primary N) is 1. The summed E-state index contributed by atoms with van der Waals surface area (Å²) in [5.41, 5.74) is 8.30. The van der Waals surface area contributed by atoms with Gasteiger partial charge in [-0.15, -0.1) is 0 Å². The van der Waals surface area contributed by atoms with Crippen LogP contribution in [0, 0.1) is 5.92 Å². The molecule has 98 valence electrons. The molecule has 2 rings (SSSR count). The standard InChI is InChI=1S/C15H21NO2/c1-10(2)15(16)13(17)5-3-11-4-6-14-12(9-11)7-8-18-14/h4,6,9-10,15H,3,5,7-8,16H2,1-2H3. The summed E-state index contributed by atoms with van der Waals surface area (Å²) in [7, 11) is 0. The third-order valence-electron chi connectivity index (χ3n) is 3.50. The highest BCUT2D eigenvalue weighted by Crippen LogP contribution is 2.26. The average molecular weight is 247 g/mol. The number of carbonyl (C=O) groups is 1. The Hall–Kier alpha value is -1.35. The van der Waals surface area contributed by atoms with Gasteiger partial charge in [0.05, 0.1) is 12.6 Å². The first-order chi connectivity index (χ1) is 8.58. The van der Waals surface area contributed by atoms with Crippen LogP contribution in [0.15, 0.2) is 18.2 Å². The highest BCUT2D eigenvalue weighted by Gasteiger charge is 2.17. The van der Waals surface area contributed by atoms with Gasteiger partial charge in [-0.3, -0.25) is 4.79 Å². The van der Waals surface area contributed by atoms with Gasteiger partial charge < -0.3 is 10.5 Å². The Morgan fingerprint density at radius 3 is 2.94 bits per heavy atom. The van der Waals surface area contributed by atoms with Gasteiger partial charge in [0.25, 0.3) is 0 Å². The van der Waals surface area contributed by atoms with E-state index in [2.05, 4.69) is 6.07 Å². The largest absolute Gasteiger partial charge is 0.493 e. The Labute approximate surface area is 108 Å². The minimum absolute atomic E-state index is 0.154. The maximum atomic E-state index is 11.8. The third kappa shape index (κ3) is 2.91. The Balaban J connectivity index is 1.93. The molecule has 0 aromatic heterocycles. The molecule has 0 radical (unpaired) electrons. The third-order valence-corrected chi connectivity index (χ3v) is 3.50. The number of aryl methyl sites for hydroxylation is 1. The van der Waals surface area contributed by atoms with Gasteiger partial charge in [0.2, 0.25) is 0 Å². The molecule has 18 heavy (non-hydrogen) atoms. The molecule has 0 saturated heterocycles. The summed E-state index contributed by atoms with van der Waals surface area (Å²) in [5.74, 6) is 1.36. The minimum atomic E-state index is -0.331. The van der Waals surface area contributed by atoms with Crippen LogP contribution >= 0.6 is 0 Å². The molecular formula is C15H21NO2. The molecule has 1 heterocycles. The van der Waals surface area contributed by atoms with E-state index in [0.29, 0.717) is 6.42 Å². The van der Waals surface area contributed by atoms with E-state index in [0.717, 1.165) is 25.2 Å². The first-order valence-corrected chi connectivity index (χ1v) is 6.61. The van der Waals surface area contributed by atoms with E-state index in [-0.39, 0.29) is 17.7 Å². The molecular weight excluding hydrogens is 226 g/mol. The predicted octanol–water partition coefficient (Wildman–Crippen LogP) is 2.11. The van der Waals surface area contributed by atoms with Crippen molar-refractivity contribution in [3.05, 3.63) is 29.3 Å². The Bertz CT molecular complexity index is 440. The maximum absolute atomic E-state index is 11.8. The van der Waals surface area contributed by atoms with Crippen molar-refractivity contribution in [2.24, 2.45) is 11.7 Å². The molecule has 0 fully saturated rings. The summed E-state index contributed by atoms with van der Waals surface area (Å²) in [6.45, 7) is 4.74. The minimum Gasteiger partial charge on any atom is -0.493 e. The fraction of sp³-hybridized carbons (Fsp3) is 0.533. The molecule has 0 saturated carbocycles. The van der Waals surface area contributed by atoms with Crippen molar-refractivity contribution in [2.75, 3.05) is 6.61 Å². The smallest absolute Gasteiger partial charge is 0.150 e. The summed E-state index contributed by atoms with van der Waals surface area (Å²) in [4.78, 5) is 11.8. The van der Waals surface area contributed by atoms with E-state index in [4.69, 9.17) is 10.5 Å². The van der Waals surface area contributed by atoms with E-state index in [9.17, 15) is 4.79 Å². The molecule has 3 heteroatoms. The van der Waals surface area contributed by atoms with E-state index < -0.39 is 0 Å². The highest BCUT2D eigenvalue weighted by molar-refractivity contribution is 5.84. The molecule has 1 atom stereocenters. The SMILES string of the molecule is CC(C)C(N)C(=O)CCc1ccc2c(c1)CCO2. The number of Topliss-reactive ketones (excluding diaryl/α,β-unsaturated/α-hetero) is 1. The van der Waals surface area contributed by atoms with E-state index in [1.165, 1.54) is 11.1 Å². The lowest BCUT2D eigenvalue weighted by atomic mass is 9.96. The quantitative estimate of drug-likeness (QED) is 0.867. The van der Waals surface area contributed by atoms with Crippen LogP contribution < -0.4 is 10.5 Å². The van der Waals surface area contributed by atoms with Gasteiger partial charge in [-0.05, 0) is 29.5 Å². The zero-order valence-corrected chi connectivity index (χ0v) is 11.1. The van der Waals surface area contributed by atoms with Crippen LogP contribution in [0.1, 0.15) is 31.4 Å². The molecule has 0 amide bonds. The number of fused-ring (bicyclic) bond motifs is 1. The highest BCUT2D eigenvalue weighted by atomic mass is 16.5. The fourth-order valence-corrected chi connectivity index (χ4v) is 2.20. The molecule has 1 aliphatic heterocycles. The second kappa shape index (κ2) is 5.53. The van der Waals surface area contributed by atoms with Crippen LogP contribution in [-0.2, 0) is 17.6 Å². The fourth-order valence-electron chi connectivity index (χ4n) is 2.20. The molecule has 1 aliphatic rings. The molecule has 0 aliphatic carbocycles. The molecule has 1 unspecified atom stereocenters. The monoisotopic (exact) mass is 247 g/mol. The molecule has 1 aromatic rings. The first-order valence-electron chi connectivity index (χ1n) is 6.61. The van der Waals surface area contributed by atoms with Gasteiger partial charge in [-0.25, -0.2) is 0 Å². The maximum Gasteiger partial charge on any atom is 0.150 e. The van der Waals surface area contributed by atoms with Gasteiger partial charge in [0.15, 0.2) is 0 Å². The number of rotatable bonds is 5. The summed E-state index contributed by atoms with van der Waals surface area (Å²) in [5, 5.41) is 0. The topological polar surface area (TPSA) is 52.3 Å². The molecule has 1 aromatic carbocycles. The Kier molecular flexibility index (Phi) is 4.02. The lowest BCUT2D eigenvalue weighted by Gasteiger charge is -2.14. The Morgan fingerprint density at radius 1 is 1.44 bits per heavy atom. The molecule has 0 spiro atoms. The Morgan fingerprint density at radius 2 is 2.22 bits per heavy atom. The van der Waals surface area contributed by atoms with Crippen molar-refractivity contribution >= 4 is 5.78 Å². The zero-order valence-electron chi connectivity index (χ0n) is 11.1. The van der Waals surface area contributed by atoms with Crippen LogP contribution in [0.4, 0.5) is 0 Å². The normalized spacial score (nSPS) is 15.3. The number of hydrogen-bond donors (Lipinski definition) is 1. The van der Waals surface area contributed by atoms with E-state index >= 15 is 0 Å². The van der Waals surface area contributed by atoms with Gasteiger partial charge in [-0.1, -0.05) is 26.0 Å². The predicted molar refractivity (Wildman–Crippen MR) is 71.8 cm³/mol. The van der Waals surface area contributed by atoms with Gasteiger partial charge in [0, 0.05) is 12.8 Å². The average Bonchev–Trinajstić information content (AvgIpc) is 2.82. The summed E-state index contributed by atoms with van der Waals surface area (Å²) >= 11 is 0. The van der Waals surface area contributed by atoms with Crippen LogP contribution in [0.3, 0.4) is 0 Å². The summed E-state index contributed by atoms with van der Waals surface area (Å²) < 4.78 is 5.46. The number of ether oxygens (including phenoxy) is 1. The van der Waals surface area contributed by atoms with Crippen LogP contribution in [0.2, 0.25) is 0 Å². The summed E-state index contributed by atoms with van der Waals surface area (Å²) in [6.07, 6.45) is 2.27. The van der Waals surface area contributed by atoms with Crippen molar-refractivity contribution in [3.63, 3.8) is 0 Å². The summed E-state index contributed by atoms with van der Waals surface area (Å²) in [6, 6.07) is 5.86. The van der Waals surface area contributed by atoms with Gasteiger partial charge in [-0.2, -0.15) is 0 Å². The van der Waals surface area contributed by atoms with Crippen LogP contribution in [0.5, 0.6) is 5.75 Å². The molecule has 0 bridgehead atoms. The van der Waals surface area contributed by atoms with E-state index in [1.54, 1.807) is 0 Å². The first kappa shape index (κ1) is 13.1. The van der Waals surface area contributed by atoms with Gasteiger partial charge >= 0.3 is 0 Å². The van der Waals surface area contributed by atoms with Crippen molar-refractivity contribution in [1.29, 1.82) is 0 Å². The van der Waals surface area contributed by atoms with Crippen molar-refractivity contribution in [3.8, 4) is 5.75 Å². The number of benzene rings is 1. The lowest BCUT2D eigenvalue weighted by Crippen LogP contribution is -2.35. The van der Waals surface area contributed by atoms with Crippen LogP contribution in [-0.4, -0.2) is 18.4 Å².